The van der Waals surface area contributed by atoms with Gasteiger partial charge >= 0.3 is 6.18 Å². The number of likely N-dealkylation sites (N-methyl/N-ethyl adjacent to an activating group) is 1. The van der Waals surface area contributed by atoms with Crippen molar-refractivity contribution in [3.8, 4) is 0 Å². The Hall–Kier alpha value is -2.26. The van der Waals surface area contributed by atoms with Crippen molar-refractivity contribution in [3.05, 3.63) is 30.5 Å². The summed E-state index contributed by atoms with van der Waals surface area (Å²) < 4.78 is 40.4. The van der Waals surface area contributed by atoms with Gasteiger partial charge in [-0.1, -0.05) is 0 Å². The van der Waals surface area contributed by atoms with Gasteiger partial charge in [0.15, 0.2) is 0 Å². The molecule has 3 aromatic rings. The molecular weight excluding hydrogens is 369 g/mol. The van der Waals surface area contributed by atoms with Crippen LogP contribution >= 0.6 is 0 Å². The van der Waals surface area contributed by atoms with Gasteiger partial charge in [0, 0.05) is 36.8 Å². The first kappa shape index (κ1) is 17.8. The fourth-order valence-electron chi connectivity index (χ4n) is 4.69. The molecule has 0 amide bonds. The van der Waals surface area contributed by atoms with E-state index >= 15 is 0 Å². The van der Waals surface area contributed by atoms with Gasteiger partial charge in [-0.25, -0.2) is 9.97 Å². The predicted octanol–water partition coefficient (Wildman–Crippen LogP) is 2.82. The van der Waals surface area contributed by atoms with E-state index in [9.17, 15) is 13.2 Å². The van der Waals surface area contributed by atoms with Crippen LogP contribution in [0.15, 0.2) is 24.7 Å². The molecule has 5 rings (SSSR count). The van der Waals surface area contributed by atoms with Gasteiger partial charge in [0.25, 0.3) is 0 Å². The van der Waals surface area contributed by atoms with Crippen LogP contribution in [-0.2, 0) is 13.1 Å². The third-order valence-electron chi connectivity index (χ3n) is 6.08. The molecule has 148 valence electrons. The molecule has 0 saturated carbocycles. The first-order chi connectivity index (χ1) is 13.4. The van der Waals surface area contributed by atoms with E-state index in [0.29, 0.717) is 46.4 Å². The molecule has 2 unspecified atom stereocenters. The van der Waals surface area contributed by atoms with E-state index in [1.807, 2.05) is 0 Å². The number of likely N-dealkylation sites (tertiary alicyclic amines) is 1. The minimum Gasteiger partial charge on any atom is -0.327 e. The monoisotopic (exact) mass is 390 g/mol. The molecule has 2 aliphatic heterocycles. The normalized spacial score (nSPS) is 23.9. The second kappa shape index (κ2) is 6.38. The standard InChI is InChI=1S/C19H21F3N6/c1-26-12-2-3-13(26)9-27(8-12)10-17-24-7-16-18(25-17)14-4-5-23-6-15(14)28(16)11-19(20,21)22/h4-7,12-13H,2-3,8-11H2,1H3. The summed E-state index contributed by atoms with van der Waals surface area (Å²) in [4.78, 5) is 17.9. The zero-order chi connectivity index (χ0) is 19.5. The third-order valence-corrected chi connectivity index (χ3v) is 6.08. The smallest absolute Gasteiger partial charge is 0.327 e. The summed E-state index contributed by atoms with van der Waals surface area (Å²) >= 11 is 0. The highest BCUT2D eigenvalue weighted by molar-refractivity contribution is 6.05. The topological polar surface area (TPSA) is 50.1 Å². The van der Waals surface area contributed by atoms with Crippen molar-refractivity contribution in [2.75, 3.05) is 20.1 Å². The maximum Gasteiger partial charge on any atom is 0.406 e. The summed E-state index contributed by atoms with van der Waals surface area (Å²) in [5.41, 5.74) is 1.38. The molecule has 0 radical (unpaired) electrons. The second-order valence-electron chi connectivity index (χ2n) is 7.86. The van der Waals surface area contributed by atoms with Gasteiger partial charge in [-0.15, -0.1) is 0 Å². The van der Waals surface area contributed by atoms with Gasteiger partial charge in [-0.05, 0) is 26.0 Å². The number of aromatic nitrogens is 4. The first-order valence-electron chi connectivity index (χ1n) is 9.48. The van der Waals surface area contributed by atoms with E-state index in [-0.39, 0.29) is 0 Å². The van der Waals surface area contributed by atoms with Gasteiger partial charge in [-0.3, -0.25) is 14.8 Å². The molecule has 0 aromatic carbocycles. The summed E-state index contributed by atoms with van der Waals surface area (Å²) in [5.74, 6) is 0.652. The van der Waals surface area contributed by atoms with Crippen LogP contribution in [0, 0.1) is 0 Å². The Morgan fingerprint density at radius 3 is 2.57 bits per heavy atom. The minimum atomic E-state index is -4.33. The summed E-state index contributed by atoms with van der Waals surface area (Å²) in [6.45, 7) is 1.50. The fourth-order valence-corrected chi connectivity index (χ4v) is 4.69. The lowest BCUT2D eigenvalue weighted by Crippen LogP contribution is -2.51. The lowest BCUT2D eigenvalue weighted by molar-refractivity contribution is -0.139. The van der Waals surface area contributed by atoms with Crippen molar-refractivity contribution in [2.24, 2.45) is 0 Å². The molecule has 6 nitrogen and oxygen atoms in total. The van der Waals surface area contributed by atoms with E-state index in [4.69, 9.17) is 0 Å². The number of piperazine rings is 1. The molecule has 0 aliphatic carbocycles. The van der Waals surface area contributed by atoms with Crippen LogP contribution in [0.3, 0.4) is 0 Å². The lowest BCUT2D eigenvalue weighted by atomic mass is 10.2. The number of alkyl halides is 3. The van der Waals surface area contributed by atoms with E-state index in [0.717, 1.165) is 13.1 Å². The quantitative estimate of drug-likeness (QED) is 0.688. The summed E-state index contributed by atoms with van der Waals surface area (Å²) in [5, 5.41) is 0.677. The van der Waals surface area contributed by atoms with Crippen molar-refractivity contribution in [1.82, 2.24) is 29.3 Å². The molecule has 2 aliphatic rings. The van der Waals surface area contributed by atoms with Crippen LogP contribution < -0.4 is 0 Å². The highest BCUT2D eigenvalue weighted by atomic mass is 19.4. The van der Waals surface area contributed by atoms with Crippen molar-refractivity contribution in [2.45, 2.75) is 44.2 Å². The molecule has 2 bridgehead atoms. The van der Waals surface area contributed by atoms with Gasteiger partial charge in [0.2, 0.25) is 0 Å². The van der Waals surface area contributed by atoms with Crippen molar-refractivity contribution in [3.63, 3.8) is 0 Å². The lowest BCUT2D eigenvalue weighted by Gasteiger charge is -2.38. The number of fused-ring (bicyclic) bond motifs is 5. The number of pyridine rings is 1. The highest BCUT2D eigenvalue weighted by Crippen LogP contribution is 2.31. The van der Waals surface area contributed by atoms with E-state index in [1.54, 1.807) is 12.3 Å². The number of hydrogen-bond acceptors (Lipinski definition) is 5. The van der Waals surface area contributed by atoms with Crippen LogP contribution in [0.5, 0.6) is 0 Å². The molecule has 0 spiro atoms. The second-order valence-corrected chi connectivity index (χ2v) is 7.86. The summed E-state index contributed by atoms with van der Waals surface area (Å²) in [7, 11) is 2.19. The maximum absolute atomic E-state index is 13.1. The summed E-state index contributed by atoms with van der Waals surface area (Å²) in [6.07, 6.45) is 2.67. The first-order valence-corrected chi connectivity index (χ1v) is 9.48. The van der Waals surface area contributed by atoms with Gasteiger partial charge in [-0.2, -0.15) is 13.2 Å². The van der Waals surface area contributed by atoms with E-state index in [1.165, 1.54) is 29.8 Å². The predicted molar refractivity (Wildman–Crippen MR) is 98.7 cm³/mol. The largest absolute Gasteiger partial charge is 0.406 e. The number of nitrogens with zero attached hydrogens (tertiary/aromatic N) is 6. The minimum absolute atomic E-state index is 0.391. The van der Waals surface area contributed by atoms with Gasteiger partial charge in [0.1, 0.15) is 12.4 Å². The van der Waals surface area contributed by atoms with Gasteiger partial charge in [0.05, 0.1) is 35.5 Å². The average Bonchev–Trinajstić information content (AvgIpc) is 3.03. The van der Waals surface area contributed by atoms with Crippen molar-refractivity contribution < 1.29 is 13.2 Å². The number of hydrogen-bond donors (Lipinski definition) is 0. The van der Waals surface area contributed by atoms with Crippen LogP contribution in [0.2, 0.25) is 0 Å². The van der Waals surface area contributed by atoms with Crippen LogP contribution in [0.1, 0.15) is 18.7 Å². The maximum atomic E-state index is 13.1. The third kappa shape index (κ3) is 3.02. The molecule has 0 N–H and O–H groups in total. The van der Waals surface area contributed by atoms with Crippen LogP contribution in [0.25, 0.3) is 21.9 Å². The Kier molecular flexibility index (Phi) is 4.06. The van der Waals surface area contributed by atoms with Crippen molar-refractivity contribution in [1.29, 1.82) is 0 Å². The zero-order valence-electron chi connectivity index (χ0n) is 15.5. The number of rotatable bonds is 3. The SMILES string of the molecule is CN1C2CCC1CN(Cc1ncc3c(n1)c1ccncc1n3CC(F)(F)F)C2. The van der Waals surface area contributed by atoms with E-state index in [2.05, 4.69) is 31.8 Å². The Labute approximate surface area is 160 Å². The van der Waals surface area contributed by atoms with Gasteiger partial charge < -0.3 is 4.57 Å². The number of halogens is 3. The molecule has 2 saturated heterocycles. The molecule has 9 heteroatoms. The fraction of sp³-hybridized carbons (Fsp3) is 0.526. The molecular formula is C19H21F3N6. The molecule has 28 heavy (non-hydrogen) atoms. The molecule has 3 aromatic heterocycles. The van der Waals surface area contributed by atoms with E-state index < -0.39 is 12.7 Å². The average molecular weight is 390 g/mol. The molecule has 5 heterocycles. The Balaban J connectivity index is 1.50. The highest BCUT2D eigenvalue weighted by Gasteiger charge is 2.37. The molecule has 2 atom stereocenters. The Morgan fingerprint density at radius 1 is 1.11 bits per heavy atom. The molecule has 2 fully saturated rings. The zero-order valence-corrected chi connectivity index (χ0v) is 15.5. The van der Waals surface area contributed by atoms with Crippen molar-refractivity contribution >= 4 is 21.9 Å². The van der Waals surface area contributed by atoms with Crippen LogP contribution in [-0.4, -0.2) is 67.7 Å². The Morgan fingerprint density at radius 2 is 1.86 bits per heavy atom. The summed E-state index contributed by atoms with van der Waals surface area (Å²) in [6, 6.07) is 2.86. The van der Waals surface area contributed by atoms with Crippen LogP contribution in [0.4, 0.5) is 13.2 Å². The Bertz CT molecular complexity index is 1020.